The molecule has 1 rings (SSSR count). The lowest BCUT2D eigenvalue weighted by Crippen LogP contribution is -2.36. The minimum absolute atomic E-state index is 0.692. The monoisotopic (exact) mass is 240 g/mol. The van der Waals surface area contributed by atoms with Crippen LogP contribution >= 0.6 is 0 Å². The molecule has 0 saturated heterocycles. The number of unbranched alkanes of at least 4 members (excludes halogenated alkanes) is 2. The van der Waals surface area contributed by atoms with Crippen molar-refractivity contribution in [1.82, 2.24) is 4.98 Å². The van der Waals surface area contributed by atoms with Crippen LogP contribution in [0.25, 0.3) is 0 Å². The second-order valence-electron chi connectivity index (χ2n) is 4.11. The van der Waals surface area contributed by atoms with Gasteiger partial charge in [-0.25, -0.2) is 4.57 Å². The van der Waals surface area contributed by atoms with Crippen LogP contribution in [0.4, 0.5) is 0 Å². The largest absolute Gasteiger partial charge is 0.550 e. The van der Waals surface area contributed by atoms with E-state index in [9.17, 15) is 0 Å². The zero-order valence-corrected chi connectivity index (χ0v) is 11.1. The zero-order valence-electron chi connectivity index (χ0n) is 11.1. The van der Waals surface area contributed by atoms with Gasteiger partial charge in [-0.2, -0.15) is 0 Å². The summed E-state index contributed by atoms with van der Waals surface area (Å²) in [5, 5.41) is 8.89. The summed E-state index contributed by atoms with van der Waals surface area (Å²) in [4.78, 5) is 12.0. The van der Waals surface area contributed by atoms with Crippen LogP contribution in [0.1, 0.15) is 58.9 Å². The van der Waals surface area contributed by atoms with Gasteiger partial charge >= 0.3 is 0 Å². The van der Waals surface area contributed by atoms with Gasteiger partial charge in [0.15, 0.2) is 0 Å². The molecule has 4 heteroatoms. The van der Waals surface area contributed by atoms with Gasteiger partial charge < -0.3 is 9.90 Å². The number of H-pyrrole nitrogens is 1. The lowest BCUT2D eigenvalue weighted by molar-refractivity contribution is -0.722. The van der Waals surface area contributed by atoms with E-state index < -0.39 is 5.97 Å². The van der Waals surface area contributed by atoms with E-state index in [2.05, 4.69) is 35.9 Å². The Bertz CT molecular complexity index is 280. The SMILES string of the molecule is CC(=O)[O-].CCCCCC(CC)[n+]1cc[nH]c1. The molecule has 0 radical (unpaired) electrons. The molecule has 0 amide bonds. The normalized spacial score (nSPS) is 11.5. The third-order valence-corrected chi connectivity index (χ3v) is 2.60. The van der Waals surface area contributed by atoms with Gasteiger partial charge in [0.1, 0.15) is 18.4 Å². The fraction of sp³-hybridized carbons (Fsp3) is 0.692. The van der Waals surface area contributed by atoms with Crippen LogP contribution in [-0.2, 0) is 4.79 Å². The van der Waals surface area contributed by atoms with Crippen molar-refractivity contribution in [3.63, 3.8) is 0 Å². The topological polar surface area (TPSA) is 59.8 Å². The quantitative estimate of drug-likeness (QED) is 0.606. The molecule has 1 aromatic heterocycles. The number of aromatic amines is 1. The number of hydrogen-bond donors (Lipinski definition) is 1. The second-order valence-corrected chi connectivity index (χ2v) is 4.11. The molecule has 1 heterocycles. The van der Waals surface area contributed by atoms with Crippen molar-refractivity contribution in [2.75, 3.05) is 0 Å². The van der Waals surface area contributed by atoms with Crippen molar-refractivity contribution >= 4 is 5.97 Å². The number of carbonyl (C=O) groups excluding carboxylic acids is 1. The Labute approximate surface area is 104 Å². The number of rotatable bonds is 6. The molecular weight excluding hydrogens is 216 g/mol. The summed E-state index contributed by atoms with van der Waals surface area (Å²) in [6.07, 6.45) is 12.7. The molecule has 1 unspecified atom stereocenters. The van der Waals surface area contributed by atoms with Crippen LogP contribution < -0.4 is 9.67 Å². The van der Waals surface area contributed by atoms with Crippen LogP contribution in [0.5, 0.6) is 0 Å². The van der Waals surface area contributed by atoms with Crippen LogP contribution in [-0.4, -0.2) is 11.0 Å². The van der Waals surface area contributed by atoms with E-state index in [1.165, 1.54) is 32.1 Å². The lowest BCUT2D eigenvalue weighted by atomic mass is 10.1. The van der Waals surface area contributed by atoms with Gasteiger partial charge in [0.2, 0.25) is 6.33 Å². The molecule has 4 nitrogen and oxygen atoms in total. The van der Waals surface area contributed by atoms with Gasteiger partial charge in [0.25, 0.3) is 0 Å². The van der Waals surface area contributed by atoms with E-state index in [1.807, 2.05) is 6.20 Å². The van der Waals surface area contributed by atoms with Crippen molar-refractivity contribution < 1.29 is 14.5 Å². The number of nitrogens with zero attached hydrogens (tertiary/aromatic N) is 1. The molecule has 0 spiro atoms. The van der Waals surface area contributed by atoms with Gasteiger partial charge in [0, 0.05) is 5.97 Å². The third kappa shape index (κ3) is 8.48. The number of carboxylic acid groups (broad SMARTS) is 1. The van der Waals surface area contributed by atoms with Crippen molar-refractivity contribution in [2.45, 2.75) is 58.9 Å². The van der Waals surface area contributed by atoms with Gasteiger partial charge in [-0.1, -0.05) is 26.7 Å². The number of carbonyl (C=O) groups is 1. The number of imidazole rings is 1. The Kier molecular flexibility index (Phi) is 9.11. The summed E-state index contributed by atoms with van der Waals surface area (Å²) < 4.78 is 2.29. The minimum Gasteiger partial charge on any atom is -0.550 e. The number of hydrogen-bond acceptors (Lipinski definition) is 2. The van der Waals surface area contributed by atoms with Crippen LogP contribution in [0, 0.1) is 0 Å². The standard InChI is InChI=1S/C11H20N2.C2H4O2/c1-3-5-6-7-11(4-2)13-9-8-12-10-13;1-2(3)4/h8-11H,3-7H2,1-2H3;1H3,(H,3,4). The number of aliphatic carboxylic acids is 1. The first-order chi connectivity index (χ1) is 8.11. The predicted molar refractivity (Wildman–Crippen MR) is 65.1 cm³/mol. The van der Waals surface area contributed by atoms with E-state index in [4.69, 9.17) is 9.90 Å². The Morgan fingerprint density at radius 1 is 1.41 bits per heavy atom. The van der Waals surface area contributed by atoms with Crippen LogP contribution in [0.2, 0.25) is 0 Å². The second kappa shape index (κ2) is 9.87. The summed E-state index contributed by atoms with van der Waals surface area (Å²) >= 11 is 0. The highest BCUT2D eigenvalue weighted by molar-refractivity contribution is 5.60. The predicted octanol–water partition coefficient (Wildman–Crippen LogP) is 1.59. The maximum Gasteiger partial charge on any atom is 0.241 e. The smallest absolute Gasteiger partial charge is 0.241 e. The highest BCUT2D eigenvalue weighted by Gasteiger charge is 2.11. The highest BCUT2D eigenvalue weighted by atomic mass is 16.4. The van der Waals surface area contributed by atoms with E-state index in [0.29, 0.717) is 6.04 Å². The van der Waals surface area contributed by atoms with E-state index >= 15 is 0 Å². The molecule has 0 aliphatic heterocycles. The van der Waals surface area contributed by atoms with Gasteiger partial charge in [-0.3, -0.25) is 4.98 Å². The summed E-state index contributed by atoms with van der Waals surface area (Å²) in [7, 11) is 0. The summed E-state index contributed by atoms with van der Waals surface area (Å²) in [6, 6.07) is 0.692. The maximum absolute atomic E-state index is 8.89. The fourth-order valence-electron chi connectivity index (χ4n) is 1.72. The molecule has 1 aromatic rings. The van der Waals surface area contributed by atoms with E-state index in [-0.39, 0.29) is 0 Å². The molecule has 17 heavy (non-hydrogen) atoms. The number of nitrogens with one attached hydrogen (secondary N) is 1. The molecule has 0 aliphatic carbocycles. The zero-order chi connectivity index (χ0) is 13.1. The van der Waals surface area contributed by atoms with Crippen molar-refractivity contribution in [3.05, 3.63) is 18.7 Å². The average molecular weight is 240 g/mol. The summed E-state index contributed by atoms with van der Waals surface area (Å²) in [5.74, 6) is -1.08. The molecule has 0 saturated carbocycles. The molecule has 98 valence electrons. The Balaban J connectivity index is 0.000000557. The van der Waals surface area contributed by atoms with Crippen molar-refractivity contribution in [1.29, 1.82) is 0 Å². The van der Waals surface area contributed by atoms with Crippen LogP contribution in [0.3, 0.4) is 0 Å². The highest BCUT2D eigenvalue weighted by Crippen LogP contribution is 2.12. The first-order valence-corrected chi connectivity index (χ1v) is 6.32. The third-order valence-electron chi connectivity index (χ3n) is 2.60. The molecule has 0 aromatic carbocycles. The minimum atomic E-state index is -1.08. The maximum atomic E-state index is 8.89. The first kappa shape index (κ1) is 15.7. The number of carboxylic acids is 1. The summed E-state index contributed by atoms with van der Waals surface area (Å²) in [5.41, 5.74) is 0. The van der Waals surface area contributed by atoms with Crippen molar-refractivity contribution in [2.24, 2.45) is 0 Å². The van der Waals surface area contributed by atoms with E-state index in [1.54, 1.807) is 0 Å². The Hall–Kier alpha value is -1.32. The average Bonchev–Trinajstić information content (AvgIpc) is 2.77. The lowest BCUT2D eigenvalue weighted by Gasteiger charge is -2.10. The fourth-order valence-corrected chi connectivity index (χ4v) is 1.72. The number of aromatic nitrogens is 2. The van der Waals surface area contributed by atoms with Gasteiger partial charge in [-0.15, -0.1) is 0 Å². The molecular formula is C13H24N2O2. The van der Waals surface area contributed by atoms with E-state index in [0.717, 1.165) is 6.92 Å². The van der Waals surface area contributed by atoms with Gasteiger partial charge in [-0.05, 0) is 26.2 Å². The molecule has 0 aliphatic rings. The Morgan fingerprint density at radius 3 is 2.47 bits per heavy atom. The van der Waals surface area contributed by atoms with Gasteiger partial charge in [0.05, 0.1) is 0 Å². The molecule has 0 fully saturated rings. The molecule has 1 N–H and O–H groups in total. The Morgan fingerprint density at radius 2 is 2.06 bits per heavy atom. The molecule has 0 bridgehead atoms. The summed E-state index contributed by atoms with van der Waals surface area (Å²) in [6.45, 7) is 5.49. The first-order valence-electron chi connectivity index (χ1n) is 6.32. The van der Waals surface area contributed by atoms with Crippen molar-refractivity contribution in [3.8, 4) is 0 Å². The molecule has 1 atom stereocenters. The van der Waals surface area contributed by atoms with Crippen LogP contribution in [0.15, 0.2) is 18.7 Å².